The summed E-state index contributed by atoms with van der Waals surface area (Å²) < 4.78 is 6.83. The smallest absolute Gasteiger partial charge is 0.194 e. The minimum absolute atomic E-state index is 0.816. The molecule has 0 atom stereocenters. The molecule has 1 heterocycles. The zero-order chi connectivity index (χ0) is 13.5. The molecule has 0 aliphatic heterocycles. The first kappa shape index (κ1) is 14.3. The van der Waals surface area contributed by atoms with E-state index in [0.717, 1.165) is 47.6 Å². The van der Waals surface area contributed by atoms with Gasteiger partial charge in [0.15, 0.2) is 11.7 Å². The highest BCUT2D eigenvalue weighted by Crippen LogP contribution is 2.22. The SMILES string of the molecule is CCCNCCCc1ncc(-c2ccc(Br)cc2)o1. The summed E-state index contributed by atoms with van der Waals surface area (Å²) in [5.74, 6) is 1.65. The Morgan fingerprint density at radius 1 is 1.21 bits per heavy atom. The third kappa shape index (κ3) is 4.48. The monoisotopic (exact) mass is 322 g/mol. The van der Waals surface area contributed by atoms with Crippen molar-refractivity contribution in [1.82, 2.24) is 10.3 Å². The van der Waals surface area contributed by atoms with Crippen LogP contribution in [0.4, 0.5) is 0 Å². The number of aryl methyl sites for hydroxylation is 1. The van der Waals surface area contributed by atoms with Gasteiger partial charge in [-0.15, -0.1) is 0 Å². The second-order valence-electron chi connectivity index (χ2n) is 4.48. The summed E-state index contributed by atoms with van der Waals surface area (Å²) in [6, 6.07) is 8.06. The average Bonchev–Trinajstić information content (AvgIpc) is 2.88. The molecule has 19 heavy (non-hydrogen) atoms. The van der Waals surface area contributed by atoms with E-state index >= 15 is 0 Å². The van der Waals surface area contributed by atoms with E-state index in [2.05, 4.69) is 33.2 Å². The second-order valence-corrected chi connectivity index (χ2v) is 5.39. The Balaban J connectivity index is 1.86. The molecule has 0 spiro atoms. The molecule has 0 fully saturated rings. The summed E-state index contributed by atoms with van der Waals surface area (Å²) in [7, 11) is 0. The van der Waals surface area contributed by atoms with Crippen molar-refractivity contribution in [2.24, 2.45) is 0 Å². The Labute approximate surface area is 122 Å². The van der Waals surface area contributed by atoms with Crippen molar-refractivity contribution in [3.63, 3.8) is 0 Å². The average molecular weight is 323 g/mol. The highest BCUT2D eigenvalue weighted by Gasteiger charge is 2.05. The number of hydrogen-bond donors (Lipinski definition) is 1. The van der Waals surface area contributed by atoms with Gasteiger partial charge in [0.1, 0.15) is 0 Å². The lowest BCUT2D eigenvalue weighted by Gasteiger charge is -2.00. The summed E-state index contributed by atoms with van der Waals surface area (Å²) in [5, 5.41) is 3.38. The molecule has 0 unspecified atom stereocenters. The van der Waals surface area contributed by atoms with Gasteiger partial charge in [-0.25, -0.2) is 4.98 Å². The highest BCUT2D eigenvalue weighted by atomic mass is 79.9. The van der Waals surface area contributed by atoms with E-state index in [-0.39, 0.29) is 0 Å². The van der Waals surface area contributed by atoms with E-state index in [1.54, 1.807) is 6.20 Å². The van der Waals surface area contributed by atoms with E-state index in [4.69, 9.17) is 4.42 Å². The van der Waals surface area contributed by atoms with Gasteiger partial charge in [-0.2, -0.15) is 0 Å². The van der Waals surface area contributed by atoms with Crippen molar-refractivity contribution >= 4 is 15.9 Å². The number of halogens is 1. The third-order valence-corrected chi connectivity index (χ3v) is 3.38. The number of nitrogens with zero attached hydrogens (tertiary/aromatic N) is 1. The van der Waals surface area contributed by atoms with Crippen LogP contribution in [-0.2, 0) is 6.42 Å². The molecule has 0 radical (unpaired) electrons. The summed E-state index contributed by atoms with van der Waals surface area (Å²) in [4.78, 5) is 4.33. The van der Waals surface area contributed by atoms with E-state index in [1.807, 2.05) is 24.3 Å². The number of oxazole rings is 1. The van der Waals surface area contributed by atoms with Gasteiger partial charge in [-0.1, -0.05) is 35.0 Å². The van der Waals surface area contributed by atoms with E-state index in [1.165, 1.54) is 6.42 Å². The molecular formula is C15H19BrN2O. The molecule has 0 aliphatic carbocycles. The van der Waals surface area contributed by atoms with Crippen molar-refractivity contribution in [2.75, 3.05) is 13.1 Å². The first-order valence-corrected chi connectivity index (χ1v) is 7.50. The Morgan fingerprint density at radius 2 is 2.00 bits per heavy atom. The predicted molar refractivity (Wildman–Crippen MR) is 81.1 cm³/mol. The molecule has 2 rings (SSSR count). The number of hydrogen-bond acceptors (Lipinski definition) is 3. The van der Waals surface area contributed by atoms with Crippen LogP contribution in [0.25, 0.3) is 11.3 Å². The summed E-state index contributed by atoms with van der Waals surface area (Å²) in [5.41, 5.74) is 1.06. The molecule has 4 heteroatoms. The fourth-order valence-electron chi connectivity index (χ4n) is 1.84. The molecule has 0 saturated heterocycles. The van der Waals surface area contributed by atoms with Crippen LogP contribution in [0.5, 0.6) is 0 Å². The number of nitrogens with one attached hydrogen (secondary N) is 1. The van der Waals surface area contributed by atoms with Gasteiger partial charge >= 0.3 is 0 Å². The van der Waals surface area contributed by atoms with Crippen molar-refractivity contribution in [3.8, 4) is 11.3 Å². The molecule has 2 aromatic rings. The van der Waals surface area contributed by atoms with Crippen LogP contribution in [0.2, 0.25) is 0 Å². The standard InChI is InChI=1S/C15H19BrN2O/c1-2-9-17-10-3-4-15-18-11-14(19-15)12-5-7-13(16)8-6-12/h5-8,11,17H,2-4,9-10H2,1H3. The number of aromatic nitrogens is 1. The van der Waals surface area contributed by atoms with Gasteiger partial charge in [0.25, 0.3) is 0 Å². The lowest BCUT2D eigenvalue weighted by atomic mass is 10.2. The lowest BCUT2D eigenvalue weighted by molar-refractivity contribution is 0.491. The van der Waals surface area contributed by atoms with Crippen LogP contribution in [0.1, 0.15) is 25.7 Å². The maximum atomic E-state index is 5.76. The van der Waals surface area contributed by atoms with Gasteiger partial charge < -0.3 is 9.73 Å². The maximum Gasteiger partial charge on any atom is 0.194 e. The Kier molecular flexibility index (Phi) is 5.61. The van der Waals surface area contributed by atoms with Crippen LogP contribution < -0.4 is 5.32 Å². The van der Waals surface area contributed by atoms with Crippen molar-refractivity contribution in [1.29, 1.82) is 0 Å². The van der Waals surface area contributed by atoms with Gasteiger partial charge in [0.2, 0.25) is 0 Å². The Bertz CT molecular complexity index is 493. The fourth-order valence-corrected chi connectivity index (χ4v) is 2.10. The van der Waals surface area contributed by atoms with E-state index in [9.17, 15) is 0 Å². The quantitative estimate of drug-likeness (QED) is 0.782. The van der Waals surface area contributed by atoms with Crippen LogP contribution in [0.15, 0.2) is 39.4 Å². The van der Waals surface area contributed by atoms with Crippen LogP contribution in [-0.4, -0.2) is 18.1 Å². The van der Waals surface area contributed by atoms with Crippen molar-refractivity contribution in [2.45, 2.75) is 26.2 Å². The minimum Gasteiger partial charge on any atom is -0.441 e. The van der Waals surface area contributed by atoms with Crippen molar-refractivity contribution < 1.29 is 4.42 Å². The van der Waals surface area contributed by atoms with Crippen LogP contribution in [0.3, 0.4) is 0 Å². The first-order chi connectivity index (χ1) is 9.29. The summed E-state index contributed by atoms with van der Waals surface area (Å²) >= 11 is 3.42. The molecule has 0 bridgehead atoms. The summed E-state index contributed by atoms with van der Waals surface area (Å²) in [6.07, 6.45) is 4.91. The zero-order valence-electron chi connectivity index (χ0n) is 11.2. The molecule has 1 aromatic heterocycles. The topological polar surface area (TPSA) is 38.1 Å². The molecule has 0 saturated carbocycles. The summed E-state index contributed by atoms with van der Waals surface area (Å²) in [6.45, 7) is 4.27. The first-order valence-electron chi connectivity index (χ1n) is 6.71. The van der Waals surface area contributed by atoms with E-state index in [0.29, 0.717) is 0 Å². The molecule has 102 valence electrons. The molecular weight excluding hydrogens is 304 g/mol. The third-order valence-electron chi connectivity index (χ3n) is 2.85. The molecule has 1 aromatic carbocycles. The van der Waals surface area contributed by atoms with Crippen molar-refractivity contribution in [3.05, 3.63) is 40.8 Å². The zero-order valence-corrected chi connectivity index (χ0v) is 12.7. The van der Waals surface area contributed by atoms with Gasteiger partial charge in [0.05, 0.1) is 6.20 Å². The van der Waals surface area contributed by atoms with E-state index < -0.39 is 0 Å². The molecule has 3 nitrogen and oxygen atoms in total. The second kappa shape index (κ2) is 7.46. The van der Waals surface area contributed by atoms with Crippen LogP contribution >= 0.6 is 15.9 Å². The normalized spacial score (nSPS) is 10.8. The Morgan fingerprint density at radius 3 is 2.74 bits per heavy atom. The maximum absolute atomic E-state index is 5.76. The number of benzene rings is 1. The molecule has 1 N–H and O–H groups in total. The Hall–Kier alpha value is -1.13. The number of rotatable bonds is 7. The highest BCUT2D eigenvalue weighted by molar-refractivity contribution is 9.10. The molecule has 0 amide bonds. The van der Waals surface area contributed by atoms with Crippen LogP contribution in [0, 0.1) is 0 Å². The predicted octanol–water partition coefficient (Wildman–Crippen LogP) is 4.04. The van der Waals surface area contributed by atoms with Gasteiger partial charge in [-0.3, -0.25) is 0 Å². The fraction of sp³-hybridized carbons (Fsp3) is 0.400. The largest absolute Gasteiger partial charge is 0.441 e. The minimum atomic E-state index is 0.816. The lowest BCUT2D eigenvalue weighted by Crippen LogP contribution is -2.16. The molecule has 0 aliphatic rings. The van der Waals surface area contributed by atoms with Gasteiger partial charge in [0, 0.05) is 16.5 Å². The van der Waals surface area contributed by atoms with Gasteiger partial charge in [-0.05, 0) is 38.1 Å².